The van der Waals surface area contributed by atoms with Crippen LogP contribution in [0.3, 0.4) is 0 Å². The van der Waals surface area contributed by atoms with Crippen LogP contribution in [0.1, 0.15) is 13.8 Å². The van der Waals surface area contributed by atoms with Crippen LogP contribution in [0.5, 0.6) is 5.75 Å². The molecule has 148 valence electrons. The zero-order valence-corrected chi connectivity index (χ0v) is 16.6. The summed E-state index contributed by atoms with van der Waals surface area (Å²) in [5.74, 6) is 0.126. The summed E-state index contributed by atoms with van der Waals surface area (Å²) in [5, 5.41) is 2.70. The maximum absolute atomic E-state index is 13.2. The maximum atomic E-state index is 13.2. The molecule has 9 heteroatoms. The van der Waals surface area contributed by atoms with Gasteiger partial charge in [-0.15, -0.1) is 0 Å². The predicted molar refractivity (Wildman–Crippen MR) is 105 cm³/mol. The van der Waals surface area contributed by atoms with Crippen molar-refractivity contribution < 1.29 is 17.9 Å². The molecular formula is C19H21N3O5S. The minimum Gasteiger partial charge on any atom is -0.497 e. The Hall–Kier alpha value is -3.07. The molecule has 0 saturated carbocycles. The molecule has 1 heterocycles. The molecule has 0 saturated heterocycles. The van der Waals surface area contributed by atoms with E-state index < -0.39 is 15.7 Å². The van der Waals surface area contributed by atoms with E-state index in [0.29, 0.717) is 11.3 Å². The molecular weight excluding hydrogens is 382 g/mol. The highest BCUT2D eigenvalue weighted by Crippen LogP contribution is 2.21. The molecule has 0 bridgehead atoms. The third-order valence-corrected chi connectivity index (χ3v) is 5.85. The van der Waals surface area contributed by atoms with Gasteiger partial charge in [0.2, 0.25) is 5.91 Å². The molecule has 3 rings (SSSR count). The van der Waals surface area contributed by atoms with Gasteiger partial charge in [-0.05, 0) is 50.2 Å². The van der Waals surface area contributed by atoms with Gasteiger partial charge in [-0.1, -0.05) is 12.1 Å². The smallest absolute Gasteiger partial charge is 0.343 e. The van der Waals surface area contributed by atoms with E-state index in [1.54, 1.807) is 32.0 Å². The number of fused-ring (bicyclic) bond motifs is 1. The molecule has 3 aromatic rings. The van der Waals surface area contributed by atoms with Crippen molar-refractivity contribution in [3.63, 3.8) is 0 Å². The number of rotatable bonds is 6. The number of carbonyl (C=O) groups is 1. The molecule has 0 atom stereocenters. The van der Waals surface area contributed by atoms with Crippen molar-refractivity contribution in [3.8, 4) is 5.75 Å². The zero-order valence-electron chi connectivity index (χ0n) is 15.7. The first kappa shape index (κ1) is 19.7. The number of nitrogens with one attached hydrogen (secondary N) is 1. The number of hydrogen-bond acceptors (Lipinski definition) is 5. The number of para-hydroxylation sites is 2. The van der Waals surface area contributed by atoms with E-state index in [2.05, 4.69) is 5.32 Å². The van der Waals surface area contributed by atoms with Gasteiger partial charge in [0.25, 0.3) is 10.0 Å². The molecule has 2 aromatic carbocycles. The molecule has 0 radical (unpaired) electrons. The first-order chi connectivity index (χ1) is 13.3. The van der Waals surface area contributed by atoms with Crippen LogP contribution in [-0.4, -0.2) is 36.0 Å². The van der Waals surface area contributed by atoms with Crippen molar-refractivity contribution in [2.24, 2.45) is 0 Å². The molecule has 8 nitrogen and oxygen atoms in total. The standard InChI is InChI=1S/C19H21N3O5S/c1-13(2)20-18(23)12-21-16-6-4-5-7-17(16)22(19(21)24)28(25,26)15-10-8-14(27-3)9-11-15/h4-11,13H,12H2,1-3H3,(H,20,23). The van der Waals surface area contributed by atoms with Crippen molar-refractivity contribution in [2.45, 2.75) is 31.3 Å². The van der Waals surface area contributed by atoms with Gasteiger partial charge in [0, 0.05) is 6.04 Å². The number of benzene rings is 2. The predicted octanol–water partition coefficient (Wildman–Crippen LogP) is 1.57. The molecule has 0 unspecified atom stereocenters. The lowest BCUT2D eigenvalue weighted by Crippen LogP contribution is -2.37. The molecule has 1 aromatic heterocycles. The minimum atomic E-state index is -4.16. The number of amides is 1. The van der Waals surface area contributed by atoms with Crippen LogP contribution in [0.2, 0.25) is 0 Å². The fraction of sp³-hybridized carbons (Fsp3) is 0.263. The fourth-order valence-corrected chi connectivity index (χ4v) is 4.34. The Balaban J connectivity index is 2.17. The molecule has 0 spiro atoms. The number of ether oxygens (including phenoxy) is 1. The summed E-state index contributed by atoms with van der Waals surface area (Å²) in [6.07, 6.45) is 0. The van der Waals surface area contributed by atoms with E-state index in [1.165, 1.54) is 37.4 Å². The Morgan fingerprint density at radius 1 is 1.07 bits per heavy atom. The number of carbonyl (C=O) groups excluding carboxylic acids is 1. The Kier molecular flexibility index (Phi) is 5.28. The third-order valence-electron chi connectivity index (χ3n) is 4.15. The van der Waals surface area contributed by atoms with E-state index >= 15 is 0 Å². The summed E-state index contributed by atoms with van der Waals surface area (Å²) in [4.78, 5) is 25.1. The third kappa shape index (κ3) is 3.53. The second-order valence-electron chi connectivity index (χ2n) is 6.52. The van der Waals surface area contributed by atoms with E-state index in [9.17, 15) is 18.0 Å². The van der Waals surface area contributed by atoms with E-state index in [0.717, 1.165) is 8.54 Å². The van der Waals surface area contributed by atoms with Gasteiger partial charge in [0.05, 0.1) is 23.0 Å². The summed E-state index contributed by atoms with van der Waals surface area (Å²) in [6, 6.07) is 12.1. The van der Waals surface area contributed by atoms with E-state index in [1.807, 2.05) is 0 Å². The molecule has 0 aliphatic heterocycles. The quantitative estimate of drug-likeness (QED) is 0.674. The molecule has 0 fully saturated rings. The van der Waals surface area contributed by atoms with Gasteiger partial charge in [0.1, 0.15) is 12.3 Å². The monoisotopic (exact) mass is 403 g/mol. The highest BCUT2D eigenvalue weighted by atomic mass is 32.2. The van der Waals surface area contributed by atoms with Crippen LogP contribution in [0, 0.1) is 0 Å². The first-order valence-corrected chi connectivity index (χ1v) is 10.1. The zero-order chi connectivity index (χ0) is 20.5. The fourth-order valence-electron chi connectivity index (χ4n) is 2.93. The second kappa shape index (κ2) is 7.51. The topological polar surface area (TPSA) is 99.4 Å². The Labute approximate surface area is 162 Å². The number of methoxy groups -OCH3 is 1. The minimum absolute atomic E-state index is 0.0510. The van der Waals surface area contributed by atoms with Crippen LogP contribution in [0.4, 0.5) is 0 Å². The number of imidazole rings is 1. The number of hydrogen-bond donors (Lipinski definition) is 1. The van der Waals surface area contributed by atoms with E-state index in [4.69, 9.17) is 4.74 Å². The second-order valence-corrected chi connectivity index (χ2v) is 8.31. The molecule has 0 aliphatic carbocycles. The SMILES string of the molecule is COc1ccc(S(=O)(=O)n2c(=O)n(CC(=O)NC(C)C)c3ccccc32)cc1. The van der Waals surface area contributed by atoms with Crippen LogP contribution < -0.4 is 15.7 Å². The summed E-state index contributed by atoms with van der Waals surface area (Å²) >= 11 is 0. The van der Waals surface area contributed by atoms with Crippen molar-refractivity contribution in [1.82, 2.24) is 13.9 Å². The van der Waals surface area contributed by atoms with Gasteiger partial charge >= 0.3 is 5.69 Å². The number of nitrogens with zero attached hydrogens (tertiary/aromatic N) is 2. The lowest BCUT2D eigenvalue weighted by molar-refractivity contribution is -0.122. The Morgan fingerprint density at radius 3 is 2.25 bits per heavy atom. The van der Waals surface area contributed by atoms with E-state index in [-0.39, 0.29) is 28.9 Å². The summed E-state index contributed by atoms with van der Waals surface area (Å²) < 4.78 is 33.2. The van der Waals surface area contributed by atoms with Gasteiger partial charge in [0.15, 0.2) is 0 Å². The normalized spacial score (nSPS) is 11.7. The van der Waals surface area contributed by atoms with Gasteiger partial charge in [-0.2, -0.15) is 3.97 Å². The lowest BCUT2D eigenvalue weighted by Gasteiger charge is -2.08. The van der Waals surface area contributed by atoms with Crippen molar-refractivity contribution in [1.29, 1.82) is 0 Å². The molecule has 1 amide bonds. The first-order valence-electron chi connectivity index (χ1n) is 8.65. The van der Waals surface area contributed by atoms with Crippen LogP contribution in [0.25, 0.3) is 11.0 Å². The van der Waals surface area contributed by atoms with Gasteiger partial charge in [-0.25, -0.2) is 13.2 Å². The highest BCUT2D eigenvalue weighted by molar-refractivity contribution is 7.90. The summed E-state index contributed by atoms with van der Waals surface area (Å²) in [7, 11) is -2.69. The summed E-state index contributed by atoms with van der Waals surface area (Å²) in [5.41, 5.74) is -0.222. The molecule has 1 N–H and O–H groups in total. The Morgan fingerprint density at radius 2 is 1.68 bits per heavy atom. The maximum Gasteiger partial charge on any atom is 0.343 e. The average molecular weight is 403 g/mol. The van der Waals surface area contributed by atoms with Crippen LogP contribution in [-0.2, 0) is 21.4 Å². The molecule has 28 heavy (non-hydrogen) atoms. The van der Waals surface area contributed by atoms with Gasteiger partial charge < -0.3 is 10.1 Å². The van der Waals surface area contributed by atoms with Crippen molar-refractivity contribution >= 4 is 27.0 Å². The molecule has 0 aliphatic rings. The number of aromatic nitrogens is 2. The Bertz CT molecular complexity index is 1170. The van der Waals surface area contributed by atoms with Crippen molar-refractivity contribution in [3.05, 3.63) is 59.0 Å². The van der Waals surface area contributed by atoms with Gasteiger partial charge in [-0.3, -0.25) is 9.36 Å². The lowest BCUT2D eigenvalue weighted by atomic mass is 10.3. The van der Waals surface area contributed by atoms with Crippen LogP contribution >= 0.6 is 0 Å². The summed E-state index contributed by atoms with van der Waals surface area (Å²) in [6.45, 7) is 3.33. The highest BCUT2D eigenvalue weighted by Gasteiger charge is 2.26. The van der Waals surface area contributed by atoms with Crippen LogP contribution in [0.15, 0.2) is 58.2 Å². The average Bonchev–Trinajstić information content (AvgIpc) is 2.93. The largest absolute Gasteiger partial charge is 0.497 e. The van der Waals surface area contributed by atoms with Crippen molar-refractivity contribution in [2.75, 3.05) is 7.11 Å².